The van der Waals surface area contributed by atoms with Crippen LogP contribution in [0.15, 0.2) is 34.7 Å². The summed E-state index contributed by atoms with van der Waals surface area (Å²) < 4.78 is 5.88. The SMILES string of the molecule is NCC1CCc2nc(Cc3ccccc3)oc2C1. The van der Waals surface area contributed by atoms with E-state index >= 15 is 0 Å². The number of rotatable bonds is 3. The van der Waals surface area contributed by atoms with Gasteiger partial charge in [0.25, 0.3) is 0 Å². The van der Waals surface area contributed by atoms with Gasteiger partial charge in [-0.05, 0) is 30.9 Å². The van der Waals surface area contributed by atoms with Gasteiger partial charge in [-0.1, -0.05) is 30.3 Å². The molecule has 18 heavy (non-hydrogen) atoms. The molecule has 0 saturated carbocycles. The van der Waals surface area contributed by atoms with Crippen molar-refractivity contribution in [2.45, 2.75) is 25.7 Å². The van der Waals surface area contributed by atoms with Crippen molar-refractivity contribution >= 4 is 0 Å². The van der Waals surface area contributed by atoms with Gasteiger partial charge >= 0.3 is 0 Å². The van der Waals surface area contributed by atoms with Crippen molar-refractivity contribution < 1.29 is 4.42 Å². The predicted octanol–water partition coefficient (Wildman–Crippen LogP) is 2.33. The predicted molar refractivity (Wildman–Crippen MR) is 70.3 cm³/mol. The van der Waals surface area contributed by atoms with Gasteiger partial charge in [-0.25, -0.2) is 4.98 Å². The third-order valence-corrected chi connectivity index (χ3v) is 3.62. The first kappa shape index (κ1) is 11.5. The summed E-state index contributed by atoms with van der Waals surface area (Å²) in [5.41, 5.74) is 8.11. The van der Waals surface area contributed by atoms with E-state index in [1.54, 1.807) is 0 Å². The van der Waals surface area contributed by atoms with E-state index in [1.807, 2.05) is 18.2 Å². The molecule has 3 rings (SSSR count). The summed E-state index contributed by atoms with van der Waals surface area (Å²) in [6.45, 7) is 0.744. The molecule has 2 N–H and O–H groups in total. The van der Waals surface area contributed by atoms with Crippen molar-refractivity contribution in [3.63, 3.8) is 0 Å². The Balaban J connectivity index is 1.78. The number of nitrogens with two attached hydrogens (primary N) is 1. The highest BCUT2D eigenvalue weighted by molar-refractivity contribution is 5.21. The van der Waals surface area contributed by atoms with Crippen LogP contribution in [0.3, 0.4) is 0 Å². The largest absolute Gasteiger partial charge is 0.445 e. The Labute approximate surface area is 107 Å². The monoisotopic (exact) mass is 242 g/mol. The van der Waals surface area contributed by atoms with E-state index in [9.17, 15) is 0 Å². The number of hydrogen-bond donors (Lipinski definition) is 1. The summed E-state index contributed by atoms with van der Waals surface area (Å²) in [4.78, 5) is 4.61. The van der Waals surface area contributed by atoms with Crippen LogP contribution in [-0.4, -0.2) is 11.5 Å². The molecule has 0 aliphatic heterocycles. The zero-order valence-electron chi connectivity index (χ0n) is 10.4. The molecule has 0 radical (unpaired) electrons. The molecule has 0 spiro atoms. The lowest BCUT2D eigenvalue weighted by molar-refractivity contribution is 0.386. The summed E-state index contributed by atoms with van der Waals surface area (Å²) in [6, 6.07) is 10.3. The second-order valence-corrected chi connectivity index (χ2v) is 4.98. The van der Waals surface area contributed by atoms with Crippen LogP contribution in [0.2, 0.25) is 0 Å². The fourth-order valence-corrected chi connectivity index (χ4v) is 2.54. The first-order chi connectivity index (χ1) is 8.85. The van der Waals surface area contributed by atoms with Gasteiger partial charge in [-0.3, -0.25) is 0 Å². The maximum atomic E-state index is 5.88. The zero-order valence-corrected chi connectivity index (χ0v) is 10.4. The minimum atomic E-state index is 0.565. The van der Waals surface area contributed by atoms with Gasteiger partial charge in [0.15, 0.2) is 5.89 Å². The molecule has 3 heteroatoms. The van der Waals surface area contributed by atoms with E-state index in [4.69, 9.17) is 10.2 Å². The molecule has 94 valence electrons. The lowest BCUT2D eigenvalue weighted by atomic mass is 9.91. The van der Waals surface area contributed by atoms with Crippen LogP contribution in [-0.2, 0) is 19.3 Å². The third kappa shape index (κ3) is 2.31. The highest BCUT2D eigenvalue weighted by Gasteiger charge is 2.23. The summed E-state index contributed by atoms with van der Waals surface area (Å²) in [6.07, 6.45) is 3.88. The molecule has 3 nitrogen and oxygen atoms in total. The van der Waals surface area contributed by atoms with Crippen LogP contribution in [0.25, 0.3) is 0 Å². The molecule has 1 unspecified atom stereocenters. The quantitative estimate of drug-likeness (QED) is 0.898. The molecule has 1 aromatic heterocycles. The molecule has 1 heterocycles. The molecule has 1 aromatic carbocycles. The number of aryl methyl sites for hydroxylation is 1. The van der Waals surface area contributed by atoms with Crippen molar-refractivity contribution in [2.75, 3.05) is 6.54 Å². The minimum Gasteiger partial charge on any atom is -0.445 e. The van der Waals surface area contributed by atoms with Gasteiger partial charge in [-0.15, -0.1) is 0 Å². The summed E-state index contributed by atoms with van der Waals surface area (Å²) in [5.74, 6) is 2.46. The molecule has 1 aliphatic carbocycles. The standard InChI is InChI=1S/C15H18N2O/c16-10-12-6-7-13-14(8-12)18-15(17-13)9-11-4-2-1-3-5-11/h1-5,12H,6-10,16H2. The van der Waals surface area contributed by atoms with Crippen molar-refractivity contribution in [3.05, 3.63) is 53.2 Å². The lowest BCUT2D eigenvalue weighted by Crippen LogP contribution is -2.21. The van der Waals surface area contributed by atoms with E-state index in [-0.39, 0.29) is 0 Å². The van der Waals surface area contributed by atoms with Crippen LogP contribution < -0.4 is 5.73 Å². The molecule has 0 fully saturated rings. The summed E-state index contributed by atoms with van der Waals surface area (Å²) >= 11 is 0. The van der Waals surface area contributed by atoms with Gasteiger partial charge in [-0.2, -0.15) is 0 Å². The summed E-state index contributed by atoms with van der Waals surface area (Å²) in [5, 5.41) is 0. The number of benzene rings is 1. The first-order valence-electron chi connectivity index (χ1n) is 6.56. The van der Waals surface area contributed by atoms with Crippen LogP contribution >= 0.6 is 0 Å². The van der Waals surface area contributed by atoms with Crippen LogP contribution in [0, 0.1) is 5.92 Å². The average molecular weight is 242 g/mol. The van der Waals surface area contributed by atoms with Crippen LogP contribution in [0.1, 0.15) is 29.3 Å². The van der Waals surface area contributed by atoms with E-state index in [1.165, 1.54) is 5.56 Å². The van der Waals surface area contributed by atoms with E-state index in [2.05, 4.69) is 17.1 Å². The number of aromatic nitrogens is 1. The van der Waals surface area contributed by atoms with Crippen LogP contribution in [0.4, 0.5) is 0 Å². The Bertz CT molecular complexity index is 519. The summed E-state index contributed by atoms with van der Waals surface area (Å²) in [7, 11) is 0. The topological polar surface area (TPSA) is 52.0 Å². The number of hydrogen-bond acceptors (Lipinski definition) is 3. The third-order valence-electron chi connectivity index (χ3n) is 3.62. The Kier molecular flexibility index (Phi) is 3.15. The molecule has 0 amide bonds. The van der Waals surface area contributed by atoms with Gasteiger partial charge in [0, 0.05) is 12.8 Å². The minimum absolute atomic E-state index is 0.565. The fourth-order valence-electron chi connectivity index (χ4n) is 2.54. The van der Waals surface area contributed by atoms with Crippen molar-refractivity contribution in [1.29, 1.82) is 0 Å². The van der Waals surface area contributed by atoms with Crippen LogP contribution in [0.5, 0.6) is 0 Å². The second-order valence-electron chi connectivity index (χ2n) is 4.98. The average Bonchev–Trinajstić information content (AvgIpc) is 2.80. The van der Waals surface area contributed by atoms with E-state index in [0.29, 0.717) is 5.92 Å². The Morgan fingerprint density at radius 2 is 2.11 bits per heavy atom. The van der Waals surface area contributed by atoms with E-state index < -0.39 is 0 Å². The molecule has 1 atom stereocenters. The maximum Gasteiger partial charge on any atom is 0.199 e. The smallest absolute Gasteiger partial charge is 0.199 e. The molecular formula is C15H18N2O. The van der Waals surface area contributed by atoms with Crippen molar-refractivity contribution in [2.24, 2.45) is 11.7 Å². The fraction of sp³-hybridized carbons (Fsp3) is 0.400. The van der Waals surface area contributed by atoms with Crippen molar-refractivity contribution in [3.8, 4) is 0 Å². The Morgan fingerprint density at radius 3 is 2.89 bits per heavy atom. The number of fused-ring (bicyclic) bond motifs is 1. The highest BCUT2D eigenvalue weighted by atomic mass is 16.4. The first-order valence-corrected chi connectivity index (χ1v) is 6.56. The van der Waals surface area contributed by atoms with E-state index in [0.717, 1.165) is 49.6 Å². The number of oxazole rings is 1. The Hall–Kier alpha value is -1.61. The second kappa shape index (κ2) is 4.94. The van der Waals surface area contributed by atoms with Crippen molar-refractivity contribution in [1.82, 2.24) is 4.98 Å². The Morgan fingerprint density at radius 1 is 1.28 bits per heavy atom. The lowest BCUT2D eigenvalue weighted by Gasteiger charge is -2.17. The highest BCUT2D eigenvalue weighted by Crippen LogP contribution is 2.26. The van der Waals surface area contributed by atoms with Gasteiger partial charge in [0.1, 0.15) is 5.76 Å². The molecular weight excluding hydrogens is 224 g/mol. The molecule has 0 saturated heterocycles. The molecule has 0 bridgehead atoms. The molecule has 1 aliphatic rings. The van der Waals surface area contributed by atoms with Gasteiger partial charge < -0.3 is 10.2 Å². The number of nitrogens with zero attached hydrogens (tertiary/aromatic N) is 1. The van der Waals surface area contributed by atoms with Gasteiger partial charge in [0.05, 0.1) is 5.69 Å². The zero-order chi connectivity index (χ0) is 12.4. The normalized spacial score (nSPS) is 18.6. The van der Waals surface area contributed by atoms with Gasteiger partial charge in [0.2, 0.25) is 0 Å². The molecule has 2 aromatic rings. The maximum absolute atomic E-state index is 5.88.